The van der Waals surface area contributed by atoms with Crippen LogP contribution in [0.15, 0.2) is 15.0 Å². The molecule has 0 aliphatic heterocycles. The van der Waals surface area contributed by atoms with E-state index in [-0.39, 0.29) is 29.8 Å². The van der Waals surface area contributed by atoms with E-state index in [1.165, 1.54) is 0 Å². The van der Waals surface area contributed by atoms with Gasteiger partial charge in [-0.1, -0.05) is 28.0 Å². The first-order valence-electron chi connectivity index (χ1n) is 25.4. The van der Waals surface area contributed by atoms with Crippen LogP contribution in [-0.2, 0) is 9.59 Å². The number of nitrogens with two attached hydrogens (primary N) is 7. The Hall–Kier alpha value is -3.04. The second-order valence-corrected chi connectivity index (χ2v) is 19.9. The molecule has 21 N–H and O–H groups in total. The van der Waals surface area contributed by atoms with Gasteiger partial charge in [-0.25, -0.2) is 0 Å². The third-order valence-corrected chi connectivity index (χ3v) is 13.9. The molecule has 69 heavy (non-hydrogen) atoms. The Morgan fingerprint density at radius 1 is 0.580 bits per heavy atom. The van der Waals surface area contributed by atoms with Crippen molar-refractivity contribution in [1.29, 1.82) is 5.41 Å². The molecule has 0 aromatic carbocycles. The van der Waals surface area contributed by atoms with Crippen molar-refractivity contribution < 1.29 is 9.59 Å². The normalized spacial score (nSPS) is 12.7. The number of likely N-dealkylation sites (N-methyl/N-ethyl adjacent to an activating group) is 2. The highest BCUT2D eigenvalue weighted by Gasteiger charge is 2.16. The number of amidine groups is 1. The molecule has 2 atom stereocenters. The lowest BCUT2D eigenvalue weighted by molar-refractivity contribution is -0.123. The van der Waals surface area contributed by atoms with Gasteiger partial charge in [-0.15, -0.1) is 0 Å². The molecule has 0 spiro atoms. The van der Waals surface area contributed by atoms with E-state index in [0.717, 1.165) is 159 Å². The molecule has 0 saturated heterocycles. The molecule has 0 heterocycles. The second-order valence-electron chi connectivity index (χ2n) is 17.2. The molecule has 0 saturated carbocycles. The molecule has 0 aliphatic rings. The van der Waals surface area contributed by atoms with Gasteiger partial charge in [-0.05, 0) is 104 Å². The number of amides is 2. The molecule has 24 heteroatoms. The summed E-state index contributed by atoms with van der Waals surface area (Å²) in [5.41, 5.74) is 40.2. The summed E-state index contributed by atoms with van der Waals surface area (Å²) in [6.45, 7) is 14.9. The SMILES string of the molecule is CN=C(N)CCCSSCCCC(=N)CCCNCCN(CCNC)CCN(CCCCCN(CCN)CCNC(=O)C(N)CCCN=C(N)N)CCNCCNC(=O)C(CCCN=C(N)N)NC. The number of unbranched alkanes of at least 4 members (excludes halogenated alkanes) is 2. The van der Waals surface area contributed by atoms with Crippen LogP contribution in [0.1, 0.15) is 83.5 Å². The van der Waals surface area contributed by atoms with E-state index >= 15 is 0 Å². The van der Waals surface area contributed by atoms with E-state index < -0.39 is 6.04 Å². The van der Waals surface area contributed by atoms with Gasteiger partial charge in [0.1, 0.15) is 0 Å². The number of nitrogens with zero attached hydrogens (tertiary/aromatic N) is 6. The molecule has 2 amide bonds. The average Bonchev–Trinajstić information content (AvgIpc) is 3.32. The van der Waals surface area contributed by atoms with E-state index in [2.05, 4.69) is 61.6 Å². The summed E-state index contributed by atoms with van der Waals surface area (Å²) in [7, 11) is 9.31. The van der Waals surface area contributed by atoms with Crippen LogP contribution in [-0.4, -0.2) is 219 Å². The van der Waals surface area contributed by atoms with Crippen molar-refractivity contribution in [3.63, 3.8) is 0 Å². The Bertz CT molecular complexity index is 1360. The van der Waals surface area contributed by atoms with Gasteiger partial charge in [0.2, 0.25) is 11.8 Å². The minimum absolute atomic E-state index is 0.0278. The first-order valence-corrected chi connectivity index (χ1v) is 27.9. The largest absolute Gasteiger partial charge is 0.387 e. The fraction of sp³-hybridized carbons (Fsp3) is 0.867. The number of rotatable bonds is 50. The van der Waals surface area contributed by atoms with Gasteiger partial charge in [-0.3, -0.25) is 29.5 Å². The van der Waals surface area contributed by atoms with E-state index in [4.69, 9.17) is 45.5 Å². The monoisotopic (exact) mass is 1020 g/mol. The molecule has 22 nitrogen and oxygen atoms in total. The van der Waals surface area contributed by atoms with Crippen LogP contribution < -0.4 is 72.0 Å². The van der Waals surface area contributed by atoms with Crippen LogP contribution in [0, 0.1) is 5.41 Å². The van der Waals surface area contributed by atoms with Crippen molar-refractivity contribution in [2.24, 2.45) is 55.1 Å². The van der Waals surface area contributed by atoms with Gasteiger partial charge in [0.05, 0.1) is 17.9 Å². The minimum atomic E-state index is -0.598. The average molecular weight is 1020 g/mol. The van der Waals surface area contributed by atoms with Crippen LogP contribution in [0.5, 0.6) is 0 Å². The summed E-state index contributed by atoms with van der Waals surface area (Å²) in [4.78, 5) is 44.6. The summed E-state index contributed by atoms with van der Waals surface area (Å²) in [5, 5.41) is 28.0. The Morgan fingerprint density at radius 3 is 1.71 bits per heavy atom. The zero-order valence-electron chi connectivity index (χ0n) is 43.1. The van der Waals surface area contributed by atoms with E-state index in [1.807, 2.05) is 28.6 Å². The number of carbonyl (C=O) groups is 2. The number of nitrogens with one attached hydrogen (secondary N) is 7. The van der Waals surface area contributed by atoms with Crippen molar-refractivity contribution >= 4 is 56.9 Å². The summed E-state index contributed by atoms with van der Waals surface area (Å²) >= 11 is 0. The Balaban J connectivity index is 4.99. The Morgan fingerprint density at radius 2 is 1.12 bits per heavy atom. The van der Waals surface area contributed by atoms with E-state index in [0.29, 0.717) is 71.5 Å². The lowest BCUT2D eigenvalue weighted by atomic mass is 10.1. The minimum Gasteiger partial charge on any atom is -0.387 e. The topological polar surface area (TPSA) is 359 Å². The number of aliphatic imine (C=N–C) groups is 3. The van der Waals surface area contributed by atoms with Crippen molar-refractivity contribution in [2.45, 2.75) is 95.6 Å². The summed E-state index contributed by atoms with van der Waals surface area (Å²) < 4.78 is 0. The number of guanidine groups is 2. The molecule has 0 rings (SSSR count). The van der Waals surface area contributed by atoms with Crippen molar-refractivity contribution in [2.75, 3.05) is 157 Å². The van der Waals surface area contributed by atoms with Gasteiger partial charge in [0, 0.05) is 135 Å². The molecule has 0 fully saturated rings. The lowest BCUT2D eigenvalue weighted by Crippen LogP contribution is -2.45. The van der Waals surface area contributed by atoms with Crippen LogP contribution in [0.3, 0.4) is 0 Å². The predicted molar refractivity (Wildman–Crippen MR) is 296 cm³/mol. The fourth-order valence-electron chi connectivity index (χ4n) is 7.18. The smallest absolute Gasteiger partial charge is 0.237 e. The van der Waals surface area contributed by atoms with Crippen molar-refractivity contribution in [3.8, 4) is 0 Å². The maximum atomic E-state index is 12.8. The van der Waals surface area contributed by atoms with Crippen LogP contribution in [0.25, 0.3) is 0 Å². The molecule has 0 radical (unpaired) electrons. The highest BCUT2D eigenvalue weighted by molar-refractivity contribution is 8.76. The molecule has 0 aromatic heterocycles. The number of carbonyl (C=O) groups excluding carboxylic acids is 2. The van der Waals surface area contributed by atoms with Crippen molar-refractivity contribution in [1.82, 2.24) is 46.6 Å². The van der Waals surface area contributed by atoms with Gasteiger partial charge in [0.25, 0.3) is 0 Å². The Kier molecular flexibility index (Phi) is 45.2. The maximum Gasteiger partial charge on any atom is 0.237 e. The fourth-order valence-corrected chi connectivity index (χ4v) is 9.35. The summed E-state index contributed by atoms with van der Waals surface area (Å²) in [5.74, 6) is 2.77. The van der Waals surface area contributed by atoms with E-state index in [9.17, 15) is 9.59 Å². The van der Waals surface area contributed by atoms with E-state index in [1.54, 1.807) is 14.1 Å². The predicted octanol–water partition coefficient (Wildman–Crippen LogP) is -1.60. The van der Waals surface area contributed by atoms with Crippen LogP contribution >= 0.6 is 21.6 Å². The first-order chi connectivity index (χ1) is 33.4. The van der Waals surface area contributed by atoms with Gasteiger partial charge in [0.15, 0.2) is 11.9 Å². The number of hydrogen-bond acceptors (Lipinski definition) is 17. The molecule has 0 bridgehead atoms. The molecule has 2 unspecified atom stereocenters. The third-order valence-electron chi connectivity index (χ3n) is 11.3. The molecule has 404 valence electrons. The van der Waals surface area contributed by atoms with Crippen molar-refractivity contribution in [3.05, 3.63) is 0 Å². The second kappa shape index (κ2) is 47.3. The van der Waals surface area contributed by atoms with Crippen LogP contribution in [0.4, 0.5) is 0 Å². The van der Waals surface area contributed by atoms with Gasteiger partial charge in [-0.2, -0.15) is 0 Å². The zero-order chi connectivity index (χ0) is 51.2. The number of hydrogen-bond donors (Lipinski definition) is 14. The molecule has 0 aromatic rings. The highest BCUT2D eigenvalue weighted by atomic mass is 33.1. The quantitative estimate of drug-likeness (QED) is 0.0141. The highest BCUT2D eigenvalue weighted by Crippen LogP contribution is 2.24. The standard InChI is InChI=1S/C45H100N20O2S2/c1-54-23-30-65(32-24-57-18-7-12-38(47)13-10-36-68-69-37-11-16-41(49)56-3)35-34-64(31-25-58-21-22-59-43(67)40(55-2)15-9-20-62-45(52)53)28-6-4-5-27-63(29-17-46)33-26-60-42(66)39(48)14-8-19-61-44(50)51/h39-40,47,54-55,57-58H,4-37,46,48H2,1-3H3,(H2,49,56)(H,59,67)(H,60,66)(H4,50,51,61)(H4,52,53,62). The van der Waals surface area contributed by atoms with Gasteiger partial charge < -0.3 is 87.2 Å². The molecule has 0 aliphatic carbocycles. The lowest BCUT2D eigenvalue weighted by Gasteiger charge is -2.28. The summed E-state index contributed by atoms with van der Waals surface area (Å²) in [6.07, 6.45) is 11.4. The Labute approximate surface area is 424 Å². The third kappa shape index (κ3) is 42.4. The molecular formula is C45H100N20O2S2. The van der Waals surface area contributed by atoms with Crippen LogP contribution in [0.2, 0.25) is 0 Å². The zero-order valence-corrected chi connectivity index (χ0v) is 44.7. The maximum absolute atomic E-state index is 12.8. The van der Waals surface area contributed by atoms with Gasteiger partial charge >= 0.3 is 0 Å². The summed E-state index contributed by atoms with van der Waals surface area (Å²) in [6, 6.07) is -0.895. The molecular weight excluding hydrogens is 917 g/mol. The first kappa shape index (κ1) is 66.0.